The molecular weight excluding hydrogens is 297 g/mol. The molecule has 0 spiro atoms. The van der Waals surface area contributed by atoms with Gasteiger partial charge in [-0.25, -0.2) is 8.70 Å². The Kier molecular flexibility index (Phi) is 3.24. The molecule has 0 amide bonds. The smallest absolute Gasteiger partial charge is 0.123 e. The Balaban J connectivity index is 1.91. The van der Waals surface area contributed by atoms with Gasteiger partial charge in [-0.15, -0.1) is 0 Å². The van der Waals surface area contributed by atoms with Crippen LogP contribution in [-0.2, 0) is 0 Å². The van der Waals surface area contributed by atoms with Crippen molar-refractivity contribution in [1.29, 1.82) is 0 Å². The fourth-order valence-corrected chi connectivity index (χ4v) is 3.69. The highest BCUT2D eigenvalue weighted by Gasteiger charge is 2.28. The van der Waals surface area contributed by atoms with Crippen LogP contribution in [0.25, 0.3) is 10.9 Å². The average Bonchev–Trinajstić information content (AvgIpc) is 2.55. The van der Waals surface area contributed by atoms with Crippen LogP contribution < -0.4 is 4.72 Å². The lowest BCUT2D eigenvalue weighted by molar-refractivity contribution is 0.478. The summed E-state index contributed by atoms with van der Waals surface area (Å²) in [4.78, 5) is 4.51. The minimum atomic E-state index is -0.214. The molecule has 0 saturated carbocycles. The molecule has 110 valence electrons. The Morgan fingerprint density at radius 3 is 2.77 bits per heavy atom. The van der Waals surface area contributed by atoms with Crippen molar-refractivity contribution in [2.24, 2.45) is 0 Å². The van der Waals surface area contributed by atoms with Crippen molar-refractivity contribution in [3.63, 3.8) is 0 Å². The zero-order valence-corrected chi connectivity index (χ0v) is 12.8. The van der Waals surface area contributed by atoms with Crippen LogP contribution in [0.1, 0.15) is 17.2 Å². The number of nitrogens with zero attached hydrogens (tertiary/aromatic N) is 2. The van der Waals surface area contributed by atoms with E-state index in [0.717, 1.165) is 27.7 Å². The van der Waals surface area contributed by atoms with Gasteiger partial charge in [0.1, 0.15) is 5.82 Å². The number of benzene rings is 2. The molecule has 2 heterocycles. The zero-order chi connectivity index (χ0) is 15.1. The van der Waals surface area contributed by atoms with E-state index in [1.165, 1.54) is 24.3 Å². The molecule has 1 unspecified atom stereocenters. The molecule has 4 rings (SSSR count). The quantitative estimate of drug-likeness (QED) is 0.675. The second kappa shape index (κ2) is 5.26. The third kappa shape index (κ3) is 2.14. The summed E-state index contributed by atoms with van der Waals surface area (Å²) in [5.41, 5.74) is 4.22. The molecule has 1 N–H and O–H groups in total. The van der Waals surface area contributed by atoms with Crippen molar-refractivity contribution in [2.45, 2.75) is 6.04 Å². The van der Waals surface area contributed by atoms with Crippen molar-refractivity contribution >= 4 is 28.7 Å². The lowest BCUT2D eigenvalue weighted by atomic mass is 9.95. The first-order valence-corrected chi connectivity index (χ1v) is 7.80. The molecular formula is C17H14FN3S. The molecule has 3 nitrogen and oxygen atoms in total. The first-order valence-electron chi connectivity index (χ1n) is 7.03. The van der Waals surface area contributed by atoms with E-state index in [-0.39, 0.29) is 11.9 Å². The Morgan fingerprint density at radius 1 is 1.14 bits per heavy atom. The molecule has 1 atom stereocenters. The van der Waals surface area contributed by atoms with E-state index >= 15 is 0 Å². The highest BCUT2D eigenvalue weighted by Crippen LogP contribution is 2.43. The number of fused-ring (bicyclic) bond motifs is 3. The number of anilines is 1. The molecule has 5 heteroatoms. The standard InChI is InChI=1S/C17H14FN3S/c1-21-17(12-4-7-13(18)8-5-12)14-9-6-11-3-2-10-19-15(11)16(14)20-22-21/h2-10,17,20H,1H3. The fourth-order valence-electron chi connectivity index (χ4n) is 2.90. The monoisotopic (exact) mass is 311 g/mol. The van der Waals surface area contributed by atoms with Gasteiger partial charge >= 0.3 is 0 Å². The maximum atomic E-state index is 13.2. The van der Waals surface area contributed by atoms with Gasteiger partial charge in [-0.1, -0.05) is 30.3 Å². The highest BCUT2D eigenvalue weighted by atomic mass is 32.2. The maximum Gasteiger partial charge on any atom is 0.123 e. The number of halogens is 1. The predicted octanol–water partition coefficient (Wildman–Crippen LogP) is 4.38. The molecule has 0 fully saturated rings. The summed E-state index contributed by atoms with van der Waals surface area (Å²) in [6.45, 7) is 0. The summed E-state index contributed by atoms with van der Waals surface area (Å²) in [6.07, 6.45) is 1.81. The van der Waals surface area contributed by atoms with Gasteiger partial charge in [0.2, 0.25) is 0 Å². The Morgan fingerprint density at radius 2 is 1.95 bits per heavy atom. The van der Waals surface area contributed by atoms with E-state index in [9.17, 15) is 4.39 Å². The van der Waals surface area contributed by atoms with Crippen LogP contribution in [0.4, 0.5) is 10.1 Å². The normalized spacial score (nSPS) is 18.0. The Bertz CT molecular complexity index is 835. The summed E-state index contributed by atoms with van der Waals surface area (Å²) in [7, 11) is 2.03. The molecule has 0 bridgehead atoms. The highest BCUT2D eigenvalue weighted by molar-refractivity contribution is 7.98. The number of aromatic nitrogens is 1. The second-order valence-corrected chi connectivity index (χ2v) is 6.26. The zero-order valence-electron chi connectivity index (χ0n) is 12.0. The van der Waals surface area contributed by atoms with Gasteiger partial charge in [-0.3, -0.25) is 4.98 Å². The molecule has 1 aromatic heterocycles. The SMILES string of the molecule is CN1SNc2c(ccc3cccnc23)C1c1ccc(F)cc1. The lowest BCUT2D eigenvalue weighted by Crippen LogP contribution is -2.26. The van der Waals surface area contributed by atoms with Crippen LogP contribution >= 0.6 is 12.1 Å². The first-order chi connectivity index (χ1) is 10.7. The molecule has 0 aliphatic carbocycles. The van der Waals surface area contributed by atoms with E-state index in [1.54, 1.807) is 6.20 Å². The van der Waals surface area contributed by atoms with E-state index in [2.05, 4.69) is 32.2 Å². The minimum absolute atomic E-state index is 0.0632. The number of rotatable bonds is 1. The van der Waals surface area contributed by atoms with Gasteiger partial charge in [0.05, 0.1) is 17.2 Å². The molecule has 0 saturated heterocycles. The number of pyridine rings is 1. The van der Waals surface area contributed by atoms with Gasteiger partial charge in [0.15, 0.2) is 0 Å². The summed E-state index contributed by atoms with van der Waals surface area (Å²) in [5.74, 6) is -0.214. The van der Waals surface area contributed by atoms with E-state index < -0.39 is 0 Å². The van der Waals surface area contributed by atoms with Crippen molar-refractivity contribution in [2.75, 3.05) is 11.8 Å². The van der Waals surface area contributed by atoms with E-state index in [0.29, 0.717) is 0 Å². The van der Waals surface area contributed by atoms with Gasteiger partial charge < -0.3 is 4.72 Å². The molecule has 2 aromatic carbocycles. The Labute approximate surface area is 132 Å². The molecule has 22 heavy (non-hydrogen) atoms. The van der Waals surface area contributed by atoms with Crippen LogP contribution in [-0.4, -0.2) is 16.3 Å². The number of nitrogens with one attached hydrogen (secondary N) is 1. The molecule has 0 radical (unpaired) electrons. The summed E-state index contributed by atoms with van der Waals surface area (Å²) in [5, 5.41) is 1.11. The van der Waals surface area contributed by atoms with Crippen LogP contribution in [0.5, 0.6) is 0 Å². The van der Waals surface area contributed by atoms with Gasteiger partial charge in [0, 0.05) is 36.3 Å². The third-order valence-electron chi connectivity index (χ3n) is 3.94. The van der Waals surface area contributed by atoms with Gasteiger partial charge in [0.25, 0.3) is 0 Å². The third-order valence-corrected chi connectivity index (χ3v) is 4.74. The van der Waals surface area contributed by atoms with Crippen molar-refractivity contribution < 1.29 is 4.39 Å². The number of hydrogen-bond acceptors (Lipinski definition) is 4. The predicted molar refractivity (Wildman–Crippen MR) is 89.0 cm³/mol. The average molecular weight is 311 g/mol. The number of hydrogen-bond donors (Lipinski definition) is 1. The van der Waals surface area contributed by atoms with Gasteiger partial charge in [-0.2, -0.15) is 0 Å². The minimum Gasteiger partial charge on any atom is -0.314 e. The summed E-state index contributed by atoms with van der Waals surface area (Å²) < 4.78 is 18.7. The van der Waals surface area contributed by atoms with E-state index in [4.69, 9.17) is 0 Å². The van der Waals surface area contributed by atoms with Crippen LogP contribution in [0, 0.1) is 5.82 Å². The summed E-state index contributed by atoms with van der Waals surface area (Å²) >= 11 is 1.53. The van der Waals surface area contributed by atoms with Crippen molar-refractivity contribution in [1.82, 2.24) is 9.29 Å². The second-order valence-electron chi connectivity index (χ2n) is 5.30. The van der Waals surface area contributed by atoms with Crippen LogP contribution in [0.15, 0.2) is 54.7 Å². The van der Waals surface area contributed by atoms with Crippen molar-refractivity contribution in [3.8, 4) is 0 Å². The van der Waals surface area contributed by atoms with E-state index in [1.807, 2.05) is 25.2 Å². The van der Waals surface area contributed by atoms with Crippen LogP contribution in [0.3, 0.4) is 0 Å². The fraction of sp³-hybridized carbons (Fsp3) is 0.118. The topological polar surface area (TPSA) is 28.2 Å². The molecule has 1 aliphatic rings. The Hall–Kier alpha value is -2.11. The summed E-state index contributed by atoms with van der Waals surface area (Å²) in [6, 6.07) is 15.0. The van der Waals surface area contributed by atoms with Crippen molar-refractivity contribution in [3.05, 3.63) is 71.7 Å². The first kappa shape index (κ1) is 13.5. The molecule has 1 aliphatic heterocycles. The van der Waals surface area contributed by atoms with Gasteiger partial charge in [-0.05, 0) is 23.8 Å². The largest absolute Gasteiger partial charge is 0.314 e. The lowest BCUT2D eigenvalue weighted by Gasteiger charge is -2.34. The maximum absolute atomic E-state index is 13.2. The van der Waals surface area contributed by atoms with Crippen LogP contribution in [0.2, 0.25) is 0 Å². The molecule has 3 aromatic rings.